The first-order valence-corrected chi connectivity index (χ1v) is 9.15. The summed E-state index contributed by atoms with van der Waals surface area (Å²) in [6.07, 6.45) is 4.33. The predicted octanol–water partition coefficient (Wildman–Crippen LogP) is 1.68. The quantitative estimate of drug-likeness (QED) is 0.844. The molecule has 0 unspecified atom stereocenters. The smallest absolute Gasteiger partial charge is 0.227 e. The normalized spacial score (nSPS) is 25.6. The molecule has 6 nitrogen and oxygen atoms in total. The maximum Gasteiger partial charge on any atom is 0.227 e. The van der Waals surface area contributed by atoms with Gasteiger partial charge in [-0.2, -0.15) is 4.98 Å². The molecular weight excluding hydrogens is 302 g/mol. The number of fused-ring (bicyclic) bond motifs is 1. The van der Waals surface area contributed by atoms with Gasteiger partial charge in [-0.05, 0) is 25.2 Å². The SMILES string of the molecule is C[C@H]1C[C@H]1C(=O)N1CCc2nc(N3CCCC3)nc(N(C)C)c2C1. The van der Waals surface area contributed by atoms with Crippen LogP contribution in [0, 0.1) is 11.8 Å². The molecule has 3 aliphatic rings. The summed E-state index contributed by atoms with van der Waals surface area (Å²) in [5.41, 5.74) is 2.26. The first kappa shape index (κ1) is 15.7. The summed E-state index contributed by atoms with van der Waals surface area (Å²) < 4.78 is 0. The molecule has 0 spiro atoms. The van der Waals surface area contributed by atoms with E-state index in [4.69, 9.17) is 9.97 Å². The Morgan fingerprint density at radius 2 is 1.88 bits per heavy atom. The van der Waals surface area contributed by atoms with Crippen LogP contribution in [0.2, 0.25) is 0 Å². The lowest BCUT2D eigenvalue weighted by Gasteiger charge is -2.32. The molecule has 2 aliphatic heterocycles. The highest BCUT2D eigenvalue weighted by molar-refractivity contribution is 5.82. The molecule has 0 aromatic carbocycles. The highest BCUT2D eigenvalue weighted by atomic mass is 16.2. The highest BCUT2D eigenvalue weighted by Gasteiger charge is 2.42. The van der Waals surface area contributed by atoms with Gasteiger partial charge in [-0.15, -0.1) is 0 Å². The summed E-state index contributed by atoms with van der Waals surface area (Å²) in [5, 5.41) is 0. The molecule has 6 heteroatoms. The Hall–Kier alpha value is -1.85. The highest BCUT2D eigenvalue weighted by Crippen LogP contribution is 2.40. The molecule has 3 heterocycles. The summed E-state index contributed by atoms with van der Waals surface area (Å²) in [7, 11) is 4.06. The second-order valence-corrected chi connectivity index (χ2v) is 7.69. The van der Waals surface area contributed by atoms with E-state index in [0.717, 1.165) is 55.5 Å². The van der Waals surface area contributed by atoms with Crippen LogP contribution in [0.5, 0.6) is 0 Å². The van der Waals surface area contributed by atoms with Crippen LogP contribution in [0.25, 0.3) is 0 Å². The number of hydrogen-bond acceptors (Lipinski definition) is 5. The number of nitrogens with zero attached hydrogens (tertiary/aromatic N) is 5. The Bertz CT molecular complexity index is 653. The van der Waals surface area contributed by atoms with E-state index in [1.54, 1.807) is 0 Å². The molecule has 2 atom stereocenters. The Kier molecular flexibility index (Phi) is 3.85. The average molecular weight is 329 g/mol. The fraction of sp³-hybridized carbons (Fsp3) is 0.722. The molecule has 0 bridgehead atoms. The van der Waals surface area contributed by atoms with E-state index in [0.29, 0.717) is 18.4 Å². The van der Waals surface area contributed by atoms with E-state index in [2.05, 4.69) is 16.7 Å². The number of hydrogen-bond donors (Lipinski definition) is 0. The molecule has 0 radical (unpaired) electrons. The number of carbonyl (C=O) groups is 1. The van der Waals surface area contributed by atoms with Crippen LogP contribution >= 0.6 is 0 Å². The maximum atomic E-state index is 12.6. The van der Waals surface area contributed by atoms with Crippen molar-refractivity contribution in [1.82, 2.24) is 14.9 Å². The molecular formula is C18H27N5O. The van der Waals surface area contributed by atoms with E-state index in [9.17, 15) is 4.79 Å². The molecule has 2 fully saturated rings. The topological polar surface area (TPSA) is 52.6 Å². The van der Waals surface area contributed by atoms with Crippen LogP contribution in [0.1, 0.15) is 37.4 Å². The van der Waals surface area contributed by atoms with E-state index in [1.165, 1.54) is 12.8 Å². The van der Waals surface area contributed by atoms with Gasteiger partial charge in [0.15, 0.2) is 0 Å². The van der Waals surface area contributed by atoms with Gasteiger partial charge in [-0.25, -0.2) is 4.98 Å². The molecule has 0 N–H and O–H groups in total. The van der Waals surface area contributed by atoms with Gasteiger partial charge in [0, 0.05) is 51.6 Å². The van der Waals surface area contributed by atoms with Crippen LogP contribution in [0.4, 0.5) is 11.8 Å². The largest absolute Gasteiger partial charge is 0.362 e. The standard InChI is InChI=1S/C18H27N5O/c1-12-10-13(12)17(24)23-9-6-15-14(11-23)16(21(2)3)20-18(19-15)22-7-4-5-8-22/h12-13H,4-11H2,1-3H3/t12-,13+/m0/s1. The maximum absolute atomic E-state index is 12.6. The van der Waals surface area contributed by atoms with Crippen molar-refractivity contribution in [3.05, 3.63) is 11.3 Å². The van der Waals surface area contributed by atoms with Crippen molar-refractivity contribution in [1.29, 1.82) is 0 Å². The van der Waals surface area contributed by atoms with Gasteiger partial charge in [-0.1, -0.05) is 6.92 Å². The Morgan fingerprint density at radius 1 is 1.17 bits per heavy atom. The van der Waals surface area contributed by atoms with E-state index >= 15 is 0 Å². The van der Waals surface area contributed by atoms with Crippen LogP contribution in [0.15, 0.2) is 0 Å². The van der Waals surface area contributed by atoms with Gasteiger partial charge in [0.1, 0.15) is 5.82 Å². The summed E-state index contributed by atoms with van der Waals surface area (Å²) in [4.78, 5) is 28.7. The molecule has 1 aliphatic carbocycles. The molecule has 24 heavy (non-hydrogen) atoms. The van der Waals surface area contributed by atoms with Crippen molar-refractivity contribution in [3.8, 4) is 0 Å². The summed E-state index contributed by atoms with van der Waals surface area (Å²) >= 11 is 0. The first-order valence-electron chi connectivity index (χ1n) is 9.15. The first-order chi connectivity index (χ1) is 11.5. The van der Waals surface area contributed by atoms with Crippen molar-refractivity contribution in [2.75, 3.05) is 43.5 Å². The minimum Gasteiger partial charge on any atom is -0.362 e. The van der Waals surface area contributed by atoms with Gasteiger partial charge in [0.05, 0.1) is 12.2 Å². The second-order valence-electron chi connectivity index (χ2n) is 7.69. The zero-order valence-corrected chi connectivity index (χ0v) is 15.0. The Balaban J connectivity index is 1.63. The van der Waals surface area contributed by atoms with Gasteiger partial charge in [0.25, 0.3) is 0 Å². The van der Waals surface area contributed by atoms with E-state index < -0.39 is 0 Å². The van der Waals surface area contributed by atoms with Crippen molar-refractivity contribution in [3.63, 3.8) is 0 Å². The number of amides is 1. The fourth-order valence-corrected chi connectivity index (χ4v) is 3.90. The predicted molar refractivity (Wildman–Crippen MR) is 94.2 cm³/mol. The second kappa shape index (κ2) is 5.90. The van der Waals surface area contributed by atoms with Gasteiger partial charge in [-0.3, -0.25) is 4.79 Å². The summed E-state index contributed by atoms with van der Waals surface area (Å²) in [5.74, 6) is 2.97. The lowest BCUT2D eigenvalue weighted by molar-refractivity contribution is -0.133. The molecule has 1 saturated carbocycles. The lowest BCUT2D eigenvalue weighted by Crippen LogP contribution is -2.39. The third-order valence-electron chi connectivity index (χ3n) is 5.58. The fourth-order valence-electron chi connectivity index (χ4n) is 3.90. The molecule has 1 amide bonds. The molecule has 4 rings (SSSR count). The van der Waals surface area contributed by atoms with Crippen molar-refractivity contribution >= 4 is 17.7 Å². The van der Waals surface area contributed by atoms with Crippen molar-refractivity contribution < 1.29 is 4.79 Å². The Morgan fingerprint density at radius 3 is 2.50 bits per heavy atom. The molecule has 1 aromatic rings. The number of anilines is 2. The zero-order chi connectivity index (χ0) is 16.8. The monoisotopic (exact) mass is 329 g/mol. The van der Waals surface area contributed by atoms with Crippen LogP contribution < -0.4 is 9.80 Å². The van der Waals surface area contributed by atoms with Gasteiger partial charge in [0.2, 0.25) is 11.9 Å². The van der Waals surface area contributed by atoms with Crippen LogP contribution in [-0.2, 0) is 17.8 Å². The molecule has 1 aromatic heterocycles. The third-order valence-corrected chi connectivity index (χ3v) is 5.58. The summed E-state index contributed by atoms with van der Waals surface area (Å²) in [6, 6.07) is 0. The zero-order valence-electron chi connectivity index (χ0n) is 15.0. The number of rotatable bonds is 3. The van der Waals surface area contributed by atoms with Crippen molar-refractivity contribution in [2.24, 2.45) is 11.8 Å². The third kappa shape index (κ3) is 2.72. The van der Waals surface area contributed by atoms with Gasteiger partial charge >= 0.3 is 0 Å². The minimum atomic E-state index is 0.249. The van der Waals surface area contributed by atoms with Crippen molar-refractivity contribution in [2.45, 2.75) is 39.2 Å². The van der Waals surface area contributed by atoms with E-state index in [-0.39, 0.29) is 5.92 Å². The van der Waals surface area contributed by atoms with Gasteiger partial charge < -0.3 is 14.7 Å². The average Bonchev–Trinajstić information content (AvgIpc) is 3.08. The van der Waals surface area contributed by atoms with Crippen LogP contribution in [-0.4, -0.2) is 54.5 Å². The molecule has 130 valence electrons. The number of aromatic nitrogens is 2. The lowest BCUT2D eigenvalue weighted by atomic mass is 10.0. The number of carbonyl (C=O) groups excluding carboxylic acids is 1. The molecule has 1 saturated heterocycles. The minimum absolute atomic E-state index is 0.249. The Labute approximate surface area is 143 Å². The summed E-state index contributed by atoms with van der Waals surface area (Å²) in [6.45, 7) is 5.71. The van der Waals surface area contributed by atoms with Crippen LogP contribution in [0.3, 0.4) is 0 Å². The van der Waals surface area contributed by atoms with E-state index in [1.807, 2.05) is 19.0 Å².